The zero-order valence-electron chi connectivity index (χ0n) is 19.1. The summed E-state index contributed by atoms with van der Waals surface area (Å²) in [5.74, 6) is 1.02. The van der Waals surface area contributed by atoms with Crippen LogP contribution in [-0.4, -0.2) is 73.8 Å². The number of carbonyl (C=O) groups excluding carboxylic acids is 1. The highest BCUT2D eigenvalue weighted by Crippen LogP contribution is 2.28. The van der Waals surface area contributed by atoms with E-state index in [4.69, 9.17) is 10.1 Å². The molecule has 2 N–H and O–H groups in total. The van der Waals surface area contributed by atoms with Crippen LogP contribution in [0.1, 0.15) is 50.0 Å². The van der Waals surface area contributed by atoms with Gasteiger partial charge in [-0.2, -0.15) is 5.10 Å². The fraction of sp³-hybridized carbons (Fsp3) is 0.500. The van der Waals surface area contributed by atoms with Crippen LogP contribution in [0.3, 0.4) is 0 Å². The van der Waals surface area contributed by atoms with Crippen molar-refractivity contribution in [2.45, 2.75) is 51.6 Å². The second-order valence-corrected chi connectivity index (χ2v) is 9.14. The Morgan fingerprint density at radius 3 is 2.67 bits per heavy atom. The van der Waals surface area contributed by atoms with Gasteiger partial charge in [-0.25, -0.2) is 19.3 Å². The summed E-state index contributed by atoms with van der Waals surface area (Å²) < 4.78 is 1.78. The largest absolute Gasteiger partial charge is 0.465 e. The summed E-state index contributed by atoms with van der Waals surface area (Å²) in [5, 5.41) is 17.8. The van der Waals surface area contributed by atoms with Gasteiger partial charge < -0.3 is 20.2 Å². The summed E-state index contributed by atoms with van der Waals surface area (Å²) in [6, 6.07) is 1.92. The molecule has 0 bridgehead atoms. The smallest absolute Gasteiger partial charge is 0.404 e. The van der Waals surface area contributed by atoms with E-state index in [1.807, 2.05) is 18.6 Å². The van der Waals surface area contributed by atoms with Gasteiger partial charge in [-0.1, -0.05) is 13.8 Å². The Labute approximate surface area is 196 Å². The first-order valence-corrected chi connectivity index (χ1v) is 12.1. The summed E-state index contributed by atoms with van der Waals surface area (Å²) in [4.78, 5) is 38.6. The number of nitrogens with one attached hydrogen (secondary N) is 1. The molecule has 11 heteroatoms. The molecular weight excluding hydrogens is 442 g/mol. The number of likely N-dealkylation sites (tertiary alicyclic amines) is 1. The predicted octanol–water partition coefficient (Wildman–Crippen LogP) is 3.35. The second kappa shape index (κ2) is 9.74. The van der Waals surface area contributed by atoms with Crippen molar-refractivity contribution in [1.29, 1.82) is 0 Å². The molecule has 1 aliphatic rings. The van der Waals surface area contributed by atoms with Crippen molar-refractivity contribution in [2.24, 2.45) is 0 Å². The summed E-state index contributed by atoms with van der Waals surface area (Å²) >= 11 is 1.55. The zero-order chi connectivity index (χ0) is 23.5. The van der Waals surface area contributed by atoms with E-state index in [2.05, 4.69) is 34.1 Å². The molecule has 0 unspecified atom stereocenters. The van der Waals surface area contributed by atoms with Crippen LogP contribution in [0.5, 0.6) is 0 Å². The monoisotopic (exact) mass is 471 g/mol. The molecule has 1 saturated heterocycles. The highest BCUT2D eigenvalue weighted by Gasteiger charge is 2.27. The first kappa shape index (κ1) is 23.0. The van der Waals surface area contributed by atoms with E-state index in [0.717, 1.165) is 23.2 Å². The molecule has 4 heterocycles. The number of hydrogen-bond acceptors (Lipinski definition) is 7. The van der Waals surface area contributed by atoms with Gasteiger partial charge in [0.1, 0.15) is 16.3 Å². The van der Waals surface area contributed by atoms with Crippen LogP contribution in [-0.2, 0) is 0 Å². The summed E-state index contributed by atoms with van der Waals surface area (Å²) in [7, 11) is 2.00. The minimum atomic E-state index is -1.03. The third-order valence-corrected chi connectivity index (χ3v) is 7.15. The Hall–Kier alpha value is -3.21. The maximum absolute atomic E-state index is 13.4. The van der Waals surface area contributed by atoms with Gasteiger partial charge in [0.25, 0.3) is 5.91 Å². The van der Waals surface area contributed by atoms with Crippen LogP contribution >= 0.6 is 11.3 Å². The van der Waals surface area contributed by atoms with Crippen LogP contribution in [0.15, 0.2) is 23.8 Å². The summed E-state index contributed by atoms with van der Waals surface area (Å²) in [6.45, 7) is 5.23. The number of carboxylic acid groups (broad SMARTS) is 1. The van der Waals surface area contributed by atoms with Gasteiger partial charge in [0.2, 0.25) is 0 Å². The molecule has 0 radical (unpaired) electrons. The molecular formula is C22H29N7O3S. The lowest BCUT2D eigenvalue weighted by atomic mass is 10.0. The van der Waals surface area contributed by atoms with E-state index in [-0.39, 0.29) is 11.9 Å². The van der Waals surface area contributed by atoms with E-state index in [1.165, 1.54) is 0 Å². The lowest BCUT2D eigenvalue weighted by Gasteiger charge is -2.32. The van der Waals surface area contributed by atoms with Crippen molar-refractivity contribution >= 4 is 34.0 Å². The fourth-order valence-corrected chi connectivity index (χ4v) is 5.10. The standard InChI is InChI=1S/C22H29N7O3S/c1-4-15(5-2)27(3)18-12-17(20(30)28-8-6-14(7-9-28)24-22(31)32)25-19(26-18)16-13-23-29-10-11-33-21(16)29/h10-15,24H,4-9H2,1-3H3,(H,31,32). The molecule has 4 rings (SSSR count). The van der Waals surface area contributed by atoms with Crippen molar-refractivity contribution in [3.63, 3.8) is 0 Å². The maximum Gasteiger partial charge on any atom is 0.404 e. The topological polar surface area (TPSA) is 116 Å². The van der Waals surface area contributed by atoms with Gasteiger partial charge in [-0.15, -0.1) is 11.3 Å². The number of fused-ring (bicyclic) bond motifs is 1. The Bertz CT molecular complexity index is 1130. The van der Waals surface area contributed by atoms with Crippen molar-refractivity contribution in [2.75, 3.05) is 25.0 Å². The third kappa shape index (κ3) is 4.77. The summed E-state index contributed by atoms with van der Waals surface area (Å²) in [6.07, 6.45) is 5.66. The number of piperidine rings is 1. The number of thiazole rings is 1. The zero-order valence-corrected chi connectivity index (χ0v) is 19.9. The van der Waals surface area contributed by atoms with E-state index in [1.54, 1.807) is 33.0 Å². The Morgan fingerprint density at radius 1 is 1.27 bits per heavy atom. The molecule has 0 aromatic carbocycles. The molecule has 2 amide bonds. The normalized spacial score (nSPS) is 14.7. The predicted molar refractivity (Wildman–Crippen MR) is 127 cm³/mol. The average Bonchev–Trinajstić information content (AvgIpc) is 3.43. The average molecular weight is 472 g/mol. The van der Waals surface area contributed by atoms with E-state index in [9.17, 15) is 9.59 Å². The van der Waals surface area contributed by atoms with Gasteiger partial charge in [-0.05, 0) is 25.7 Å². The molecule has 0 saturated carbocycles. The van der Waals surface area contributed by atoms with E-state index < -0.39 is 6.09 Å². The lowest BCUT2D eigenvalue weighted by molar-refractivity contribution is 0.0700. The number of aromatic nitrogens is 4. The van der Waals surface area contributed by atoms with Crippen molar-refractivity contribution in [1.82, 2.24) is 29.8 Å². The molecule has 3 aromatic rings. The number of anilines is 1. The second-order valence-electron chi connectivity index (χ2n) is 8.24. The molecule has 176 valence electrons. The minimum absolute atomic E-state index is 0.136. The highest BCUT2D eigenvalue weighted by atomic mass is 32.1. The third-order valence-electron chi connectivity index (χ3n) is 6.27. The van der Waals surface area contributed by atoms with E-state index in [0.29, 0.717) is 49.3 Å². The van der Waals surface area contributed by atoms with E-state index >= 15 is 0 Å². The molecule has 0 aliphatic carbocycles. The molecule has 0 spiro atoms. The van der Waals surface area contributed by atoms with Crippen molar-refractivity contribution < 1.29 is 14.7 Å². The van der Waals surface area contributed by atoms with Gasteiger partial charge in [0.15, 0.2) is 5.82 Å². The first-order valence-electron chi connectivity index (χ1n) is 11.2. The minimum Gasteiger partial charge on any atom is -0.465 e. The first-order chi connectivity index (χ1) is 15.9. The quantitative estimate of drug-likeness (QED) is 0.543. The van der Waals surface area contributed by atoms with Crippen molar-refractivity contribution in [3.8, 4) is 11.4 Å². The molecule has 1 aliphatic heterocycles. The summed E-state index contributed by atoms with van der Waals surface area (Å²) in [5.41, 5.74) is 1.14. The maximum atomic E-state index is 13.4. The van der Waals surface area contributed by atoms with Crippen molar-refractivity contribution in [3.05, 3.63) is 29.5 Å². The highest BCUT2D eigenvalue weighted by molar-refractivity contribution is 7.16. The Kier molecular flexibility index (Phi) is 6.77. The number of carbonyl (C=O) groups is 2. The number of nitrogens with zero attached hydrogens (tertiary/aromatic N) is 6. The lowest BCUT2D eigenvalue weighted by Crippen LogP contribution is -2.46. The SMILES string of the molecule is CCC(CC)N(C)c1cc(C(=O)N2CCC(NC(=O)O)CC2)nc(-c2cnn3ccsc23)n1. The van der Waals surface area contributed by atoms with Gasteiger partial charge in [-0.3, -0.25) is 4.79 Å². The van der Waals surface area contributed by atoms with Crippen LogP contribution in [0.4, 0.5) is 10.6 Å². The number of rotatable bonds is 7. The molecule has 1 fully saturated rings. The molecule has 33 heavy (non-hydrogen) atoms. The van der Waals surface area contributed by atoms with Gasteiger partial charge in [0, 0.05) is 49.9 Å². The Balaban J connectivity index is 1.67. The van der Waals surface area contributed by atoms with Crippen LogP contribution in [0.25, 0.3) is 16.2 Å². The Morgan fingerprint density at radius 2 is 2.00 bits per heavy atom. The molecule has 3 aromatic heterocycles. The molecule has 10 nitrogen and oxygen atoms in total. The fourth-order valence-electron chi connectivity index (χ4n) is 4.31. The van der Waals surface area contributed by atoms with Gasteiger partial charge in [0.05, 0.1) is 11.8 Å². The van der Waals surface area contributed by atoms with Crippen LogP contribution in [0, 0.1) is 0 Å². The van der Waals surface area contributed by atoms with Crippen LogP contribution in [0.2, 0.25) is 0 Å². The van der Waals surface area contributed by atoms with Gasteiger partial charge >= 0.3 is 6.09 Å². The number of hydrogen-bond donors (Lipinski definition) is 2. The van der Waals surface area contributed by atoms with Crippen LogP contribution < -0.4 is 10.2 Å². The number of amides is 2. The molecule has 0 atom stereocenters.